The minimum atomic E-state index is -0.190. The van der Waals surface area contributed by atoms with Gasteiger partial charge in [-0.3, -0.25) is 9.59 Å². The number of Topliss-reactive ketones (excluding diaryl/α,β-unsaturated/α-hetero) is 2. The Hall–Kier alpha value is -2.26. The second-order valence-electron chi connectivity index (χ2n) is 6.56. The largest absolute Gasteiger partial charge is 0.309 e. The zero-order valence-corrected chi connectivity index (χ0v) is 14.6. The average Bonchev–Trinajstić information content (AvgIpc) is 2.61. The predicted octanol–water partition coefficient (Wildman–Crippen LogP) is 3.96. The minimum absolute atomic E-state index is 0.0974. The average molecular weight is 323 g/mol. The van der Waals surface area contributed by atoms with Gasteiger partial charge in [-0.1, -0.05) is 67.6 Å². The zero-order valence-electron chi connectivity index (χ0n) is 14.6. The lowest BCUT2D eigenvalue weighted by Gasteiger charge is -2.23. The van der Waals surface area contributed by atoms with Gasteiger partial charge in [0.05, 0.1) is 0 Å². The molecule has 24 heavy (non-hydrogen) atoms. The first-order chi connectivity index (χ1) is 11.5. The molecule has 2 aromatic carbocycles. The summed E-state index contributed by atoms with van der Waals surface area (Å²) in [5, 5.41) is 0. The van der Waals surface area contributed by atoms with Gasteiger partial charge in [0.1, 0.15) is 0 Å². The third-order valence-electron chi connectivity index (χ3n) is 4.16. The molecule has 0 aliphatic heterocycles. The summed E-state index contributed by atoms with van der Waals surface area (Å²) in [6, 6.07) is 18.6. The van der Waals surface area contributed by atoms with Crippen molar-refractivity contribution in [3.8, 4) is 0 Å². The first-order valence-corrected chi connectivity index (χ1v) is 8.32. The van der Waals surface area contributed by atoms with Crippen molar-refractivity contribution in [2.45, 2.75) is 13.3 Å². The number of carbonyl (C=O) groups is 2. The molecule has 0 aliphatic rings. The van der Waals surface area contributed by atoms with E-state index in [0.717, 1.165) is 0 Å². The van der Waals surface area contributed by atoms with E-state index in [4.69, 9.17) is 0 Å². The summed E-state index contributed by atoms with van der Waals surface area (Å²) >= 11 is 0. The Morgan fingerprint density at radius 1 is 0.833 bits per heavy atom. The van der Waals surface area contributed by atoms with E-state index < -0.39 is 0 Å². The molecule has 2 atom stereocenters. The van der Waals surface area contributed by atoms with Crippen molar-refractivity contribution in [1.29, 1.82) is 0 Å². The third-order valence-corrected chi connectivity index (χ3v) is 4.16. The predicted molar refractivity (Wildman–Crippen MR) is 97.4 cm³/mol. The van der Waals surface area contributed by atoms with Gasteiger partial charge in [0.15, 0.2) is 11.6 Å². The Bertz CT molecular complexity index is 665. The van der Waals surface area contributed by atoms with Gasteiger partial charge in [-0.05, 0) is 20.5 Å². The molecule has 126 valence electrons. The molecule has 0 radical (unpaired) electrons. The Morgan fingerprint density at radius 2 is 1.29 bits per heavy atom. The highest BCUT2D eigenvalue weighted by Crippen LogP contribution is 2.21. The molecular weight excluding hydrogens is 298 g/mol. The number of ketones is 2. The highest BCUT2D eigenvalue weighted by molar-refractivity contribution is 6.00. The fourth-order valence-corrected chi connectivity index (χ4v) is 2.96. The molecule has 2 unspecified atom stereocenters. The molecule has 0 N–H and O–H groups in total. The Labute approximate surface area is 144 Å². The Kier molecular flexibility index (Phi) is 6.44. The molecule has 2 aromatic rings. The molecule has 0 fully saturated rings. The van der Waals surface area contributed by atoms with E-state index in [9.17, 15) is 9.59 Å². The molecule has 2 rings (SSSR count). The second-order valence-corrected chi connectivity index (χ2v) is 6.56. The lowest BCUT2D eigenvalue weighted by Crippen LogP contribution is -2.31. The van der Waals surface area contributed by atoms with Crippen molar-refractivity contribution < 1.29 is 9.59 Å². The van der Waals surface area contributed by atoms with Gasteiger partial charge in [-0.2, -0.15) is 0 Å². The van der Waals surface area contributed by atoms with Crippen molar-refractivity contribution in [2.75, 3.05) is 20.6 Å². The molecule has 0 aromatic heterocycles. The van der Waals surface area contributed by atoms with Crippen LogP contribution in [-0.4, -0.2) is 37.1 Å². The van der Waals surface area contributed by atoms with Crippen molar-refractivity contribution in [3.63, 3.8) is 0 Å². The summed E-state index contributed by atoms with van der Waals surface area (Å²) < 4.78 is 0. The van der Waals surface area contributed by atoms with Crippen LogP contribution < -0.4 is 0 Å². The lowest BCUT2D eigenvalue weighted by molar-refractivity contribution is 0.0835. The van der Waals surface area contributed by atoms with Crippen molar-refractivity contribution in [3.05, 3.63) is 71.8 Å². The van der Waals surface area contributed by atoms with Crippen molar-refractivity contribution in [2.24, 2.45) is 11.8 Å². The number of carbonyl (C=O) groups excluding carboxylic acids is 2. The van der Waals surface area contributed by atoms with Crippen LogP contribution in [-0.2, 0) is 0 Å². The first-order valence-electron chi connectivity index (χ1n) is 8.32. The minimum Gasteiger partial charge on any atom is -0.309 e. The fourth-order valence-electron chi connectivity index (χ4n) is 2.96. The molecule has 0 saturated carbocycles. The standard InChI is InChI=1S/C21H25NO2/c1-16(20(23)17-10-6-4-7-11-17)14-19(15-22(2)3)21(24)18-12-8-5-9-13-18/h4-13,16,19H,14-15H2,1-3H3. The van der Waals surface area contributed by atoms with Gasteiger partial charge in [-0.25, -0.2) is 0 Å². The van der Waals surface area contributed by atoms with Gasteiger partial charge in [0, 0.05) is 29.5 Å². The quantitative estimate of drug-likeness (QED) is 0.690. The maximum atomic E-state index is 12.8. The number of benzene rings is 2. The Balaban J connectivity index is 2.13. The maximum absolute atomic E-state index is 12.8. The number of rotatable bonds is 8. The van der Waals surface area contributed by atoms with E-state index in [0.29, 0.717) is 24.1 Å². The Morgan fingerprint density at radius 3 is 1.75 bits per heavy atom. The zero-order chi connectivity index (χ0) is 17.5. The van der Waals surface area contributed by atoms with Gasteiger partial charge in [0.25, 0.3) is 0 Å². The summed E-state index contributed by atoms with van der Waals surface area (Å²) in [7, 11) is 3.91. The third kappa shape index (κ3) is 4.87. The van der Waals surface area contributed by atoms with E-state index in [-0.39, 0.29) is 23.4 Å². The van der Waals surface area contributed by atoms with Crippen LogP contribution in [0.1, 0.15) is 34.1 Å². The van der Waals surface area contributed by atoms with Crippen molar-refractivity contribution in [1.82, 2.24) is 4.90 Å². The van der Waals surface area contributed by atoms with Gasteiger partial charge in [-0.15, -0.1) is 0 Å². The smallest absolute Gasteiger partial charge is 0.167 e. The normalized spacial score (nSPS) is 13.5. The van der Waals surface area contributed by atoms with Crippen LogP contribution in [0.25, 0.3) is 0 Å². The molecule has 0 bridgehead atoms. The summed E-state index contributed by atoms with van der Waals surface area (Å²) in [6.45, 7) is 2.55. The van der Waals surface area contributed by atoms with Crippen LogP contribution in [0.2, 0.25) is 0 Å². The van der Waals surface area contributed by atoms with Crippen LogP contribution in [0, 0.1) is 11.8 Å². The number of nitrogens with zero attached hydrogens (tertiary/aromatic N) is 1. The van der Waals surface area contributed by atoms with E-state index in [1.54, 1.807) is 0 Å². The highest BCUT2D eigenvalue weighted by Gasteiger charge is 2.26. The summed E-state index contributed by atoms with van der Waals surface area (Å²) in [5.41, 5.74) is 1.42. The lowest BCUT2D eigenvalue weighted by atomic mass is 9.85. The SMILES string of the molecule is CC(CC(CN(C)C)C(=O)c1ccccc1)C(=O)c1ccccc1. The van der Waals surface area contributed by atoms with Crippen LogP contribution in [0.4, 0.5) is 0 Å². The molecule has 0 spiro atoms. The van der Waals surface area contributed by atoms with Crippen LogP contribution in [0.15, 0.2) is 60.7 Å². The van der Waals surface area contributed by atoms with Crippen LogP contribution in [0.5, 0.6) is 0 Å². The molecule has 0 saturated heterocycles. The molecule has 3 nitrogen and oxygen atoms in total. The topological polar surface area (TPSA) is 37.4 Å². The van der Waals surface area contributed by atoms with Gasteiger partial charge in [0.2, 0.25) is 0 Å². The summed E-state index contributed by atoms with van der Waals surface area (Å²) in [4.78, 5) is 27.4. The van der Waals surface area contributed by atoms with Crippen LogP contribution in [0.3, 0.4) is 0 Å². The summed E-state index contributed by atoms with van der Waals surface area (Å²) in [5.74, 6) is -0.174. The van der Waals surface area contributed by atoms with Gasteiger partial charge >= 0.3 is 0 Å². The highest BCUT2D eigenvalue weighted by atomic mass is 16.1. The van der Waals surface area contributed by atoms with Gasteiger partial charge < -0.3 is 4.90 Å². The molecule has 0 heterocycles. The number of hydrogen-bond donors (Lipinski definition) is 0. The second kappa shape index (κ2) is 8.55. The van der Waals surface area contributed by atoms with E-state index in [2.05, 4.69) is 0 Å². The van der Waals surface area contributed by atoms with Crippen molar-refractivity contribution >= 4 is 11.6 Å². The fraction of sp³-hybridized carbons (Fsp3) is 0.333. The number of hydrogen-bond acceptors (Lipinski definition) is 3. The summed E-state index contributed by atoms with van der Waals surface area (Å²) in [6.07, 6.45) is 0.555. The molecule has 0 amide bonds. The van der Waals surface area contributed by atoms with E-state index in [1.165, 1.54) is 0 Å². The first kappa shape index (κ1) is 18.1. The molecule has 3 heteroatoms. The van der Waals surface area contributed by atoms with E-state index >= 15 is 0 Å². The maximum Gasteiger partial charge on any atom is 0.167 e. The van der Waals surface area contributed by atoms with E-state index in [1.807, 2.05) is 86.6 Å². The molecular formula is C21H25NO2. The molecule has 0 aliphatic carbocycles. The monoisotopic (exact) mass is 323 g/mol. The van der Waals surface area contributed by atoms with Crippen LogP contribution >= 0.6 is 0 Å².